The van der Waals surface area contributed by atoms with Gasteiger partial charge in [0.25, 0.3) is 11.8 Å². The van der Waals surface area contributed by atoms with Crippen molar-refractivity contribution in [3.63, 3.8) is 0 Å². The van der Waals surface area contributed by atoms with Crippen molar-refractivity contribution in [2.24, 2.45) is 0 Å². The summed E-state index contributed by atoms with van der Waals surface area (Å²) in [7, 11) is -1.47. The smallest absolute Gasteiger partial charge is 0.255 e. The number of nitrogens with one attached hydrogen (secondary N) is 1. The molecule has 0 aliphatic carbocycles. The molecule has 0 radical (unpaired) electrons. The first-order valence-electron chi connectivity index (χ1n) is 8.71. The molecule has 2 amide bonds. The lowest BCUT2D eigenvalue weighted by molar-refractivity contribution is 0.0747. The summed E-state index contributed by atoms with van der Waals surface area (Å²) in [6.07, 6.45) is 0.443. The van der Waals surface area contributed by atoms with Gasteiger partial charge in [0.1, 0.15) is 0 Å². The quantitative estimate of drug-likeness (QED) is 0.875. The van der Waals surface area contributed by atoms with Crippen LogP contribution in [0.2, 0.25) is 0 Å². The molecule has 1 fully saturated rings. The Bertz CT molecular complexity index is 968. The van der Waals surface area contributed by atoms with Crippen LogP contribution in [0.15, 0.2) is 48.5 Å². The molecule has 1 aliphatic heterocycles. The third kappa shape index (κ3) is 4.54. The summed E-state index contributed by atoms with van der Waals surface area (Å²) in [6.45, 7) is 1.97. The van der Waals surface area contributed by atoms with Crippen LogP contribution in [0.3, 0.4) is 0 Å². The van der Waals surface area contributed by atoms with Gasteiger partial charge in [-0.25, -0.2) is 8.42 Å². The van der Waals surface area contributed by atoms with E-state index in [1.165, 1.54) is 11.0 Å². The normalized spacial score (nSPS) is 18.1. The molecule has 1 N–H and O–H groups in total. The molecule has 1 aliphatic rings. The van der Waals surface area contributed by atoms with Crippen LogP contribution < -0.4 is 5.32 Å². The van der Waals surface area contributed by atoms with Gasteiger partial charge in [-0.1, -0.05) is 23.8 Å². The number of aryl methyl sites for hydroxylation is 1. The van der Waals surface area contributed by atoms with Crippen LogP contribution in [0.5, 0.6) is 0 Å². The van der Waals surface area contributed by atoms with E-state index in [-0.39, 0.29) is 29.4 Å². The van der Waals surface area contributed by atoms with Crippen molar-refractivity contribution in [3.05, 3.63) is 65.2 Å². The Morgan fingerprint density at radius 3 is 2.37 bits per heavy atom. The van der Waals surface area contributed by atoms with Crippen LogP contribution in [0.4, 0.5) is 5.69 Å². The fourth-order valence-electron chi connectivity index (χ4n) is 3.08. The van der Waals surface area contributed by atoms with Gasteiger partial charge in [0.15, 0.2) is 9.84 Å². The Kier molecular flexibility index (Phi) is 5.32. The third-order valence-corrected chi connectivity index (χ3v) is 6.51. The van der Waals surface area contributed by atoms with E-state index >= 15 is 0 Å². The van der Waals surface area contributed by atoms with Gasteiger partial charge >= 0.3 is 0 Å². The zero-order valence-electron chi connectivity index (χ0n) is 15.3. The van der Waals surface area contributed by atoms with E-state index in [9.17, 15) is 18.0 Å². The minimum Gasteiger partial charge on any atom is -0.338 e. The molecular weight excluding hydrogens is 364 g/mol. The first-order chi connectivity index (χ1) is 12.7. The lowest BCUT2D eigenvalue weighted by atomic mass is 10.1. The predicted octanol–water partition coefficient (Wildman–Crippen LogP) is 2.51. The molecule has 1 saturated heterocycles. The number of carbonyl (C=O) groups excluding carboxylic acids is 2. The average Bonchev–Trinajstić information content (AvgIpc) is 3.02. The van der Waals surface area contributed by atoms with E-state index in [2.05, 4.69) is 5.32 Å². The van der Waals surface area contributed by atoms with Crippen LogP contribution in [0.1, 0.15) is 32.7 Å². The lowest BCUT2D eigenvalue weighted by Crippen LogP contribution is -2.37. The fourth-order valence-corrected chi connectivity index (χ4v) is 4.86. The molecular formula is C20H22N2O4S. The first-order valence-corrected chi connectivity index (χ1v) is 10.5. The molecule has 142 valence electrons. The fraction of sp³-hybridized carbons (Fsp3) is 0.300. The second kappa shape index (κ2) is 7.52. The van der Waals surface area contributed by atoms with Crippen molar-refractivity contribution >= 4 is 27.3 Å². The summed E-state index contributed by atoms with van der Waals surface area (Å²) in [4.78, 5) is 26.6. The van der Waals surface area contributed by atoms with Crippen LogP contribution >= 0.6 is 0 Å². The Morgan fingerprint density at radius 2 is 1.74 bits per heavy atom. The molecule has 3 rings (SSSR count). The highest BCUT2D eigenvalue weighted by Crippen LogP contribution is 2.19. The van der Waals surface area contributed by atoms with Crippen molar-refractivity contribution in [3.8, 4) is 0 Å². The van der Waals surface area contributed by atoms with Crippen LogP contribution in [-0.2, 0) is 9.84 Å². The molecule has 0 aromatic heterocycles. The Balaban J connectivity index is 1.73. The number of rotatable bonds is 4. The van der Waals surface area contributed by atoms with E-state index in [0.717, 1.165) is 5.56 Å². The van der Waals surface area contributed by atoms with E-state index in [1.54, 1.807) is 25.2 Å². The molecule has 1 heterocycles. The zero-order chi connectivity index (χ0) is 19.6. The highest BCUT2D eigenvalue weighted by molar-refractivity contribution is 7.91. The van der Waals surface area contributed by atoms with Gasteiger partial charge in [-0.05, 0) is 43.7 Å². The van der Waals surface area contributed by atoms with E-state index in [4.69, 9.17) is 0 Å². The van der Waals surface area contributed by atoms with Gasteiger partial charge in [0.05, 0.1) is 11.5 Å². The van der Waals surface area contributed by atoms with Gasteiger partial charge in [0, 0.05) is 29.9 Å². The number of carbonyl (C=O) groups is 2. The molecule has 2 aromatic rings. The van der Waals surface area contributed by atoms with Crippen LogP contribution in [0, 0.1) is 6.92 Å². The average molecular weight is 386 g/mol. The number of hydrogen-bond donors (Lipinski definition) is 1. The molecule has 2 aromatic carbocycles. The van der Waals surface area contributed by atoms with Crippen molar-refractivity contribution in [1.29, 1.82) is 0 Å². The number of anilines is 1. The molecule has 1 atom stereocenters. The van der Waals surface area contributed by atoms with Gasteiger partial charge < -0.3 is 10.2 Å². The van der Waals surface area contributed by atoms with E-state index < -0.39 is 9.84 Å². The second-order valence-corrected chi connectivity index (χ2v) is 9.10. The van der Waals surface area contributed by atoms with Crippen LogP contribution in [-0.4, -0.2) is 49.7 Å². The molecule has 27 heavy (non-hydrogen) atoms. The highest BCUT2D eigenvalue weighted by atomic mass is 32.2. The highest BCUT2D eigenvalue weighted by Gasteiger charge is 2.33. The third-order valence-electron chi connectivity index (χ3n) is 4.76. The van der Waals surface area contributed by atoms with Gasteiger partial charge in [0.2, 0.25) is 0 Å². The number of nitrogens with zero attached hydrogens (tertiary/aromatic N) is 1. The topological polar surface area (TPSA) is 83.6 Å². The Labute approximate surface area is 159 Å². The molecule has 0 spiro atoms. The number of amides is 2. The Hall–Kier alpha value is -2.67. The van der Waals surface area contributed by atoms with Crippen molar-refractivity contribution < 1.29 is 18.0 Å². The maximum Gasteiger partial charge on any atom is 0.255 e. The number of sulfone groups is 1. The van der Waals surface area contributed by atoms with Crippen molar-refractivity contribution in [2.75, 3.05) is 23.9 Å². The zero-order valence-corrected chi connectivity index (χ0v) is 16.1. The standard InChI is InChI=1S/C20H22N2O4S/c1-14-6-8-17(9-7-14)21-19(23)15-4-3-5-16(12-15)20(24)22(2)18-10-11-27(25,26)13-18/h3-9,12,18H,10-11,13H2,1-2H3,(H,21,23). The minimum absolute atomic E-state index is 0.0111. The van der Waals surface area contributed by atoms with Crippen molar-refractivity contribution in [2.45, 2.75) is 19.4 Å². The molecule has 0 saturated carbocycles. The summed E-state index contributed by atoms with van der Waals surface area (Å²) in [5.41, 5.74) is 2.50. The lowest BCUT2D eigenvalue weighted by Gasteiger charge is -2.23. The Morgan fingerprint density at radius 1 is 1.07 bits per heavy atom. The van der Waals surface area contributed by atoms with Crippen LogP contribution in [0.25, 0.3) is 0 Å². The van der Waals surface area contributed by atoms with Gasteiger partial charge in [-0.3, -0.25) is 9.59 Å². The summed E-state index contributed by atoms with van der Waals surface area (Å²) in [5.74, 6) is -0.501. The summed E-state index contributed by atoms with van der Waals surface area (Å²) < 4.78 is 23.3. The summed E-state index contributed by atoms with van der Waals surface area (Å²) >= 11 is 0. The minimum atomic E-state index is -3.07. The molecule has 6 nitrogen and oxygen atoms in total. The van der Waals surface area contributed by atoms with Gasteiger partial charge in [-0.15, -0.1) is 0 Å². The maximum atomic E-state index is 12.7. The largest absolute Gasteiger partial charge is 0.338 e. The maximum absolute atomic E-state index is 12.7. The number of benzene rings is 2. The summed E-state index contributed by atoms with van der Waals surface area (Å²) in [6, 6.07) is 13.6. The van der Waals surface area contributed by atoms with Crippen molar-refractivity contribution in [1.82, 2.24) is 4.90 Å². The number of hydrogen-bond acceptors (Lipinski definition) is 4. The van der Waals surface area contributed by atoms with E-state index in [1.807, 2.05) is 31.2 Å². The van der Waals surface area contributed by atoms with E-state index in [0.29, 0.717) is 23.2 Å². The first kappa shape index (κ1) is 19.1. The SMILES string of the molecule is Cc1ccc(NC(=O)c2cccc(C(=O)N(C)C3CCS(=O)(=O)C3)c2)cc1. The molecule has 7 heteroatoms. The second-order valence-electron chi connectivity index (χ2n) is 6.87. The summed E-state index contributed by atoms with van der Waals surface area (Å²) in [5, 5.41) is 2.80. The predicted molar refractivity (Wildman–Crippen MR) is 105 cm³/mol. The van der Waals surface area contributed by atoms with Gasteiger partial charge in [-0.2, -0.15) is 0 Å². The monoisotopic (exact) mass is 386 g/mol. The molecule has 1 unspecified atom stereocenters. The molecule has 0 bridgehead atoms.